The fourth-order valence-electron chi connectivity index (χ4n) is 2.70. The number of hydrogen-bond donors (Lipinski definition) is 1. The molecular formula is C13H25NO3. The first-order chi connectivity index (χ1) is 8.31. The SMILES string of the molecule is COCCOC1C(N)CC1OC1CCCCC1. The molecule has 2 saturated carbocycles. The predicted octanol–water partition coefficient (Wildman–Crippen LogP) is 1.47. The highest BCUT2D eigenvalue weighted by molar-refractivity contribution is 4.95. The smallest absolute Gasteiger partial charge is 0.0989 e. The van der Waals surface area contributed by atoms with E-state index < -0.39 is 0 Å². The van der Waals surface area contributed by atoms with Crippen LogP contribution in [0.2, 0.25) is 0 Å². The van der Waals surface area contributed by atoms with Crippen LogP contribution in [-0.4, -0.2) is 44.7 Å². The van der Waals surface area contributed by atoms with Crippen molar-refractivity contribution in [1.29, 1.82) is 0 Å². The molecule has 0 aromatic rings. The average molecular weight is 243 g/mol. The molecule has 0 amide bonds. The number of rotatable bonds is 6. The maximum absolute atomic E-state index is 6.10. The number of nitrogens with two attached hydrogens (primary N) is 1. The summed E-state index contributed by atoms with van der Waals surface area (Å²) in [7, 11) is 1.68. The maximum Gasteiger partial charge on any atom is 0.0989 e. The molecule has 0 aliphatic heterocycles. The standard InChI is InChI=1S/C13H25NO3/c1-15-7-8-16-13-11(14)9-12(13)17-10-5-3-2-4-6-10/h10-13H,2-9,14H2,1H3. The third-order valence-electron chi connectivity index (χ3n) is 3.81. The van der Waals surface area contributed by atoms with Gasteiger partial charge in [-0.25, -0.2) is 0 Å². The van der Waals surface area contributed by atoms with Crippen molar-refractivity contribution >= 4 is 0 Å². The molecule has 100 valence electrons. The zero-order valence-corrected chi connectivity index (χ0v) is 10.8. The zero-order valence-electron chi connectivity index (χ0n) is 10.8. The summed E-state index contributed by atoms with van der Waals surface area (Å²) in [5.41, 5.74) is 5.95. The Bertz CT molecular complexity index is 219. The van der Waals surface area contributed by atoms with Crippen molar-refractivity contribution in [2.24, 2.45) is 5.73 Å². The van der Waals surface area contributed by atoms with E-state index in [2.05, 4.69) is 0 Å². The Hall–Kier alpha value is -0.160. The van der Waals surface area contributed by atoms with Crippen LogP contribution >= 0.6 is 0 Å². The first kappa shape index (κ1) is 13.3. The molecular weight excluding hydrogens is 218 g/mol. The first-order valence-corrected chi connectivity index (χ1v) is 6.83. The lowest BCUT2D eigenvalue weighted by atomic mass is 9.85. The quantitative estimate of drug-likeness (QED) is 0.718. The third kappa shape index (κ3) is 3.65. The van der Waals surface area contributed by atoms with E-state index in [1.165, 1.54) is 32.1 Å². The lowest BCUT2D eigenvalue weighted by molar-refractivity contribution is -0.169. The molecule has 4 heteroatoms. The second-order valence-corrected chi connectivity index (χ2v) is 5.16. The van der Waals surface area contributed by atoms with Crippen LogP contribution in [0.1, 0.15) is 38.5 Å². The maximum atomic E-state index is 6.10. The Balaban J connectivity index is 1.68. The molecule has 0 aromatic heterocycles. The molecule has 0 heterocycles. The van der Waals surface area contributed by atoms with Gasteiger partial charge in [0.25, 0.3) is 0 Å². The highest BCUT2D eigenvalue weighted by atomic mass is 16.6. The van der Waals surface area contributed by atoms with Gasteiger partial charge in [0.2, 0.25) is 0 Å². The normalized spacial score (nSPS) is 34.6. The van der Waals surface area contributed by atoms with Gasteiger partial charge < -0.3 is 19.9 Å². The second kappa shape index (κ2) is 6.69. The Morgan fingerprint density at radius 1 is 1.12 bits per heavy atom. The van der Waals surface area contributed by atoms with Crippen molar-refractivity contribution in [2.75, 3.05) is 20.3 Å². The summed E-state index contributed by atoms with van der Waals surface area (Å²) < 4.78 is 16.8. The summed E-state index contributed by atoms with van der Waals surface area (Å²) in [6.45, 7) is 1.23. The van der Waals surface area contributed by atoms with Gasteiger partial charge in [-0.3, -0.25) is 0 Å². The van der Waals surface area contributed by atoms with Gasteiger partial charge in [0.05, 0.1) is 31.5 Å². The van der Waals surface area contributed by atoms with E-state index in [4.69, 9.17) is 19.9 Å². The topological polar surface area (TPSA) is 53.7 Å². The van der Waals surface area contributed by atoms with Crippen molar-refractivity contribution in [3.63, 3.8) is 0 Å². The number of hydrogen-bond acceptors (Lipinski definition) is 4. The van der Waals surface area contributed by atoms with E-state index in [1.54, 1.807) is 7.11 Å². The van der Waals surface area contributed by atoms with Gasteiger partial charge in [-0.05, 0) is 19.3 Å². The van der Waals surface area contributed by atoms with Gasteiger partial charge in [-0.2, -0.15) is 0 Å². The van der Waals surface area contributed by atoms with E-state index in [9.17, 15) is 0 Å². The van der Waals surface area contributed by atoms with Crippen molar-refractivity contribution in [1.82, 2.24) is 0 Å². The van der Waals surface area contributed by atoms with Crippen LogP contribution in [0.15, 0.2) is 0 Å². The predicted molar refractivity (Wildman–Crippen MR) is 66.0 cm³/mol. The summed E-state index contributed by atoms with van der Waals surface area (Å²) in [4.78, 5) is 0. The monoisotopic (exact) mass is 243 g/mol. The molecule has 17 heavy (non-hydrogen) atoms. The minimum absolute atomic E-state index is 0.0760. The van der Waals surface area contributed by atoms with Gasteiger partial charge in [0.1, 0.15) is 0 Å². The van der Waals surface area contributed by atoms with Crippen molar-refractivity contribution in [3.05, 3.63) is 0 Å². The Morgan fingerprint density at radius 2 is 1.88 bits per heavy atom. The molecule has 3 unspecified atom stereocenters. The molecule has 3 atom stereocenters. The van der Waals surface area contributed by atoms with Crippen LogP contribution < -0.4 is 5.73 Å². The van der Waals surface area contributed by atoms with Crippen LogP contribution in [0, 0.1) is 0 Å². The van der Waals surface area contributed by atoms with Crippen LogP contribution in [-0.2, 0) is 14.2 Å². The molecule has 0 bridgehead atoms. The zero-order chi connectivity index (χ0) is 12.1. The Morgan fingerprint density at radius 3 is 2.53 bits per heavy atom. The summed E-state index contributed by atoms with van der Waals surface area (Å²) in [6.07, 6.45) is 8.04. The fraction of sp³-hybridized carbons (Fsp3) is 1.00. The number of ether oxygens (including phenoxy) is 3. The second-order valence-electron chi connectivity index (χ2n) is 5.16. The lowest BCUT2D eigenvalue weighted by Crippen LogP contribution is -2.59. The summed E-state index contributed by atoms with van der Waals surface area (Å²) in [6, 6.07) is 0.139. The fourth-order valence-corrected chi connectivity index (χ4v) is 2.70. The van der Waals surface area contributed by atoms with Crippen LogP contribution in [0.5, 0.6) is 0 Å². The van der Waals surface area contributed by atoms with E-state index in [0.29, 0.717) is 19.3 Å². The highest BCUT2D eigenvalue weighted by Crippen LogP contribution is 2.30. The minimum atomic E-state index is 0.0760. The highest BCUT2D eigenvalue weighted by Gasteiger charge is 2.41. The van der Waals surface area contributed by atoms with Crippen molar-refractivity contribution in [3.8, 4) is 0 Å². The van der Waals surface area contributed by atoms with E-state index in [1.807, 2.05) is 0 Å². The van der Waals surface area contributed by atoms with Gasteiger partial charge >= 0.3 is 0 Å². The summed E-state index contributed by atoms with van der Waals surface area (Å²) in [5.74, 6) is 0. The molecule has 2 aliphatic carbocycles. The largest absolute Gasteiger partial charge is 0.382 e. The molecule has 0 radical (unpaired) electrons. The van der Waals surface area contributed by atoms with E-state index >= 15 is 0 Å². The third-order valence-corrected chi connectivity index (χ3v) is 3.81. The average Bonchev–Trinajstić information content (AvgIpc) is 2.35. The van der Waals surface area contributed by atoms with Crippen LogP contribution in [0.4, 0.5) is 0 Å². The van der Waals surface area contributed by atoms with E-state index in [0.717, 1.165) is 6.42 Å². The molecule has 2 N–H and O–H groups in total. The van der Waals surface area contributed by atoms with Crippen molar-refractivity contribution in [2.45, 2.75) is 62.9 Å². The van der Waals surface area contributed by atoms with Gasteiger partial charge in [-0.15, -0.1) is 0 Å². The summed E-state index contributed by atoms with van der Waals surface area (Å²) >= 11 is 0. The van der Waals surface area contributed by atoms with Crippen molar-refractivity contribution < 1.29 is 14.2 Å². The Kier molecular flexibility index (Phi) is 5.22. The molecule has 4 nitrogen and oxygen atoms in total. The lowest BCUT2D eigenvalue weighted by Gasteiger charge is -2.44. The Labute approximate surface area is 104 Å². The molecule has 0 aromatic carbocycles. The minimum Gasteiger partial charge on any atom is -0.382 e. The molecule has 0 spiro atoms. The number of methoxy groups -OCH3 is 1. The molecule has 2 aliphatic rings. The molecule has 0 saturated heterocycles. The summed E-state index contributed by atoms with van der Waals surface area (Å²) in [5, 5.41) is 0. The first-order valence-electron chi connectivity index (χ1n) is 6.83. The molecule has 2 fully saturated rings. The molecule has 2 rings (SSSR count). The van der Waals surface area contributed by atoms with Crippen LogP contribution in [0.25, 0.3) is 0 Å². The van der Waals surface area contributed by atoms with Gasteiger partial charge in [0.15, 0.2) is 0 Å². The van der Waals surface area contributed by atoms with Crippen LogP contribution in [0.3, 0.4) is 0 Å². The van der Waals surface area contributed by atoms with Gasteiger partial charge in [0, 0.05) is 13.2 Å². The van der Waals surface area contributed by atoms with Gasteiger partial charge in [-0.1, -0.05) is 19.3 Å². The van der Waals surface area contributed by atoms with E-state index in [-0.39, 0.29) is 18.2 Å².